The maximum atomic E-state index is 12.6. The van der Waals surface area contributed by atoms with Crippen LogP contribution >= 0.6 is 11.6 Å². The van der Waals surface area contributed by atoms with Crippen LogP contribution in [0, 0.1) is 5.92 Å². The number of rotatable bonds is 7. The molecule has 1 saturated carbocycles. The summed E-state index contributed by atoms with van der Waals surface area (Å²) in [7, 11) is 0. The number of halogens is 1. The molecule has 1 aromatic heterocycles. The number of nitrogens with two attached hydrogens (primary N) is 1. The largest absolute Gasteiger partial charge is 0.373 e. The molecule has 0 unspecified atom stereocenters. The highest BCUT2D eigenvalue weighted by atomic mass is 35.5. The molecule has 1 aliphatic carbocycles. The zero-order valence-corrected chi connectivity index (χ0v) is 13.6. The fourth-order valence-corrected chi connectivity index (χ4v) is 2.84. The van der Waals surface area contributed by atoms with E-state index in [1.165, 1.54) is 23.9 Å². The Hall–Kier alpha value is -1.07. The molecule has 21 heavy (non-hydrogen) atoms. The van der Waals surface area contributed by atoms with E-state index in [0.29, 0.717) is 29.7 Å². The summed E-state index contributed by atoms with van der Waals surface area (Å²) >= 11 is 6.18. The van der Waals surface area contributed by atoms with Gasteiger partial charge >= 0.3 is 0 Å². The minimum Gasteiger partial charge on any atom is -0.373 e. The molecule has 3 N–H and O–H groups in total. The van der Waals surface area contributed by atoms with Crippen LogP contribution in [0.4, 0.5) is 5.69 Å². The maximum Gasteiger partial charge on any atom is 0.291 e. The van der Waals surface area contributed by atoms with Crippen LogP contribution in [-0.2, 0) is 6.54 Å². The van der Waals surface area contributed by atoms with Crippen molar-refractivity contribution in [1.82, 2.24) is 9.78 Å². The topological polar surface area (TPSA) is 72.9 Å². The molecule has 0 aromatic carbocycles. The predicted molar refractivity (Wildman–Crippen MR) is 86.8 cm³/mol. The van der Waals surface area contributed by atoms with Gasteiger partial charge in [0.2, 0.25) is 0 Å². The Morgan fingerprint density at radius 2 is 2.14 bits per heavy atom. The van der Waals surface area contributed by atoms with Crippen LogP contribution in [0.2, 0.25) is 5.02 Å². The summed E-state index contributed by atoms with van der Waals surface area (Å²) in [4.78, 5) is 12.6. The second-order valence-corrected chi connectivity index (χ2v) is 6.38. The average molecular weight is 313 g/mol. The third-order valence-corrected chi connectivity index (χ3v) is 5.07. The van der Waals surface area contributed by atoms with E-state index in [4.69, 9.17) is 17.3 Å². The summed E-state index contributed by atoms with van der Waals surface area (Å²) < 4.78 is 1.53. The van der Waals surface area contributed by atoms with Gasteiger partial charge in [0, 0.05) is 18.6 Å². The van der Waals surface area contributed by atoms with Crippen molar-refractivity contribution in [3.8, 4) is 0 Å². The summed E-state index contributed by atoms with van der Waals surface area (Å²) in [6.45, 7) is 5.26. The minimum atomic E-state index is -0.293. The van der Waals surface area contributed by atoms with Crippen LogP contribution in [0.3, 0.4) is 0 Å². The number of aromatic nitrogens is 2. The molecule has 1 fully saturated rings. The lowest BCUT2D eigenvalue weighted by Gasteiger charge is -2.33. The molecular formula is C15H25ClN4O. The van der Waals surface area contributed by atoms with Gasteiger partial charge in [0.1, 0.15) is 5.69 Å². The van der Waals surface area contributed by atoms with Crippen molar-refractivity contribution >= 4 is 17.3 Å². The van der Waals surface area contributed by atoms with Crippen molar-refractivity contribution in [2.75, 3.05) is 11.9 Å². The van der Waals surface area contributed by atoms with E-state index in [9.17, 15) is 4.79 Å². The molecule has 0 saturated heterocycles. The van der Waals surface area contributed by atoms with Gasteiger partial charge in [0.15, 0.2) is 0 Å². The SMILES string of the molecule is CCC(CC)(CN)Nc1c(Cl)cnn(CC2CCC2)c1=O. The van der Waals surface area contributed by atoms with E-state index in [1.54, 1.807) is 6.20 Å². The third kappa shape index (κ3) is 3.40. The van der Waals surface area contributed by atoms with Gasteiger partial charge in [-0.15, -0.1) is 0 Å². The number of nitrogens with one attached hydrogen (secondary N) is 1. The first-order chi connectivity index (χ1) is 10.0. The second kappa shape index (κ2) is 6.79. The van der Waals surface area contributed by atoms with Crippen LogP contribution in [0.25, 0.3) is 0 Å². The normalized spacial score (nSPS) is 15.8. The average Bonchev–Trinajstić information content (AvgIpc) is 2.46. The first-order valence-corrected chi connectivity index (χ1v) is 8.17. The van der Waals surface area contributed by atoms with Crippen molar-refractivity contribution in [2.24, 2.45) is 11.7 Å². The Labute approximate surface area is 130 Å². The van der Waals surface area contributed by atoms with Crippen LogP contribution in [0.1, 0.15) is 46.0 Å². The molecule has 1 heterocycles. The lowest BCUT2D eigenvalue weighted by atomic mass is 9.85. The van der Waals surface area contributed by atoms with E-state index >= 15 is 0 Å². The van der Waals surface area contributed by atoms with E-state index < -0.39 is 0 Å². The highest BCUT2D eigenvalue weighted by Gasteiger charge is 2.27. The zero-order valence-electron chi connectivity index (χ0n) is 12.9. The highest BCUT2D eigenvalue weighted by Crippen LogP contribution is 2.28. The summed E-state index contributed by atoms with van der Waals surface area (Å²) in [6, 6.07) is 0. The van der Waals surface area contributed by atoms with Gasteiger partial charge in [-0.3, -0.25) is 4.79 Å². The van der Waals surface area contributed by atoms with Crippen molar-refractivity contribution in [3.63, 3.8) is 0 Å². The summed E-state index contributed by atoms with van der Waals surface area (Å²) in [5, 5.41) is 7.83. The van der Waals surface area contributed by atoms with Crippen molar-refractivity contribution < 1.29 is 0 Å². The van der Waals surface area contributed by atoms with Crippen LogP contribution < -0.4 is 16.6 Å². The smallest absolute Gasteiger partial charge is 0.291 e. The maximum absolute atomic E-state index is 12.6. The van der Waals surface area contributed by atoms with Crippen molar-refractivity contribution in [3.05, 3.63) is 21.6 Å². The molecule has 5 nitrogen and oxygen atoms in total. The van der Waals surface area contributed by atoms with Gasteiger partial charge in [-0.1, -0.05) is 31.9 Å². The highest BCUT2D eigenvalue weighted by molar-refractivity contribution is 6.33. The van der Waals surface area contributed by atoms with Gasteiger partial charge < -0.3 is 11.1 Å². The fourth-order valence-electron chi connectivity index (χ4n) is 2.66. The molecule has 118 valence electrons. The first kappa shape index (κ1) is 16.3. The molecule has 6 heteroatoms. The molecule has 0 atom stereocenters. The molecule has 0 bridgehead atoms. The van der Waals surface area contributed by atoms with Gasteiger partial charge in [-0.25, -0.2) is 4.68 Å². The molecule has 1 aliphatic rings. The number of nitrogens with zero attached hydrogens (tertiary/aromatic N) is 2. The van der Waals surface area contributed by atoms with Crippen LogP contribution in [-0.4, -0.2) is 21.9 Å². The Morgan fingerprint density at radius 3 is 2.62 bits per heavy atom. The quantitative estimate of drug-likeness (QED) is 0.811. The van der Waals surface area contributed by atoms with Gasteiger partial charge in [0.25, 0.3) is 5.56 Å². The van der Waals surface area contributed by atoms with Gasteiger partial charge in [-0.05, 0) is 31.6 Å². The molecular weight excluding hydrogens is 288 g/mol. The number of hydrogen-bond acceptors (Lipinski definition) is 4. The summed E-state index contributed by atoms with van der Waals surface area (Å²) in [6.07, 6.45) is 6.82. The number of anilines is 1. The van der Waals surface area contributed by atoms with Gasteiger partial charge in [-0.2, -0.15) is 5.10 Å². The summed E-state index contributed by atoms with van der Waals surface area (Å²) in [5.74, 6) is 0.570. The zero-order chi connectivity index (χ0) is 15.5. The molecule has 0 aliphatic heterocycles. The first-order valence-electron chi connectivity index (χ1n) is 7.79. The van der Waals surface area contributed by atoms with Crippen LogP contribution in [0.5, 0.6) is 0 Å². The van der Waals surface area contributed by atoms with E-state index in [-0.39, 0.29) is 11.1 Å². The molecule has 2 rings (SSSR count). The van der Waals surface area contributed by atoms with Crippen molar-refractivity contribution in [1.29, 1.82) is 0 Å². The summed E-state index contributed by atoms with van der Waals surface area (Å²) in [5.41, 5.74) is 5.89. The Balaban J connectivity index is 2.29. The second-order valence-electron chi connectivity index (χ2n) is 5.97. The van der Waals surface area contributed by atoms with Crippen LogP contribution in [0.15, 0.2) is 11.0 Å². The Kier molecular flexibility index (Phi) is 5.27. The Morgan fingerprint density at radius 1 is 1.48 bits per heavy atom. The van der Waals surface area contributed by atoms with E-state index in [1.807, 2.05) is 0 Å². The Bertz CT molecular complexity index is 527. The lowest BCUT2D eigenvalue weighted by Crippen LogP contribution is -2.46. The standard InChI is InChI=1S/C15H25ClN4O/c1-3-15(4-2,10-17)19-13-12(16)8-18-20(14(13)21)9-11-6-5-7-11/h8,11,19H,3-7,9-10,17H2,1-2H3. The van der Waals surface area contributed by atoms with E-state index in [2.05, 4.69) is 24.3 Å². The molecule has 0 amide bonds. The van der Waals surface area contributed by atoms with Gasteiger partial charge in [0.05, 0.1) is 11.2 Å². The minimum absolute atomic E-state index is 0.144. The van der Waals surface area contributed by atoms with E-state index in [0.717, 1.165) is 12.8 Å². The third-order valence-electron chi connectivity index (χ3n) is 4.79. The predicted octanol–water partition coefficient (Wildman–Crippen LogP) is 2.63. The molecule has 0 radical (unpaired) electrons. The molecule has 0 spiro atoms. The monoisotopic (exact) mass is 312 g/mol. The number of hydrogen-bond donors (Lipinski definition) is 2. The fraction of sp³-hybridized carbons (Fsp3) is 0.733. The lowest BCUT2D eigenvalue weighted by molar-refractivity contribution is 0.262. The molecule has 1 aromatic rings. The van der Waals surface area contributed by atoms with Crippen molar-refractivity contribution in [2.45, 2.75) is 58.0 Å².